The first-order chi connectivity index (χ1) is 12.2. The number of aromatic nitrogens is 1. The van der Waals surface area contributed by atoms with Crippen molar-refractivity contribution in [1.82, 2.24) is 4.68 Å². The summed E-state index contributed by atoms with van der Waals surface area (Å²) in [4.78, 5) is 15.7. The first-order valence-electron chi connectivity index (χ1n) is 7.34. The minimum Gasteiger partial charge on any atom is -0.463 e. The summed E-state index contributed by atoms with van der Waals surface area (Å²) in [5.41, 5.74) is 1.12. The summed E-state index contributed by atoms with van der Waals surface area (Å²) in [6.07, 6.45) is 4.70. The van der Waals surface area contributed by atoms with E-state index in [2.05, 4.69) is 16.7 Å². The molecule has 0 N–H and O–H groups in total. The van der Waals surface area contributed by atoms with Crippen LogP contribution in [0.25, 0.3) is 11.5 Å². The maximum Gasteiger partial charge on any atom is 0.278 e. The van der Waals surface area contributed by atoms with Gasteiger partial charge in [0.2, 0.25) is 4.80 Å². The van der Waals surface area contributed by atoms with Crippen LogP contribution in [0.1, 0.15) is 5.56 Å². The Bertz CT molecular complexity index is 983. The number of nitro benzene ring substituents is 1. The molecule has 0 saturated heterocycles. The molecule has 25 heavy (non-hydrogen) atoms. The first kappa shape index (κ1) is 16.6. The van der Waals surface area contributed by atoms with Crippen LogP contribution in [0.15, 0.2) is 75.2 Å². The predicted molar refractivity (Wildman–Crippen MR) is 96.7 cm³/mol. The van der Waals surface area contributed by atoms with Crippen LogP contribution >= 0.6 is 11.3 Å². The standard InChI is InChI=1S/C17H14N4O3S/c1-2-9-18-17-20(15(12-25-17)16-8-5-10-24-16)19-11-13-6-3-4-7-14(13)21(22)23/h2-8,10-12H,1,9H2. The third kappa shape index (κ3) is 3.64. The van der Waals surface area contributed by atoms with Crippen LogP contribution in [0.4, 0.5) is 5.69 Å². The lowest BCUT2D eigenvalue weighted by Crippen LogP contribution is -2.12. The monoisotopic (exact) mass is 354 g/mol. The molecule has 3 aromatic rings. The molecule has 0 spiro atoms. The molecule has 0 unspecified atom stereocenters. The summed E-state index contributed by atoms with van der Waals surface area (Å²) in [6, 6.07) is 10.0. The number of para-hydroxylation sites is 1. The highest BCUT2D eigenvalue weighted by Crippen LogP contribution is 2.21. The van der Waals surface area contributed by atoms with E-state index in [0.29, 0.717) is 28.4 Å². The second kappa shape index (κ2) is 7.54. The zero-order valence-corrected chi connectivity index (χ0v) is 13.9. The molecule has 0 saturated carbocycles. The Morgan fingerprint density at radius 3 is 2.88 bits per heavy atom. The summed E-state index contributed by atoms with van der Waals surface area (Å²) in [5.74, 6) is 0.635. The molecule has 0 bridgehead atoms. The smallest absolute Gasteiger partial charge is 0.278 e. The molecule has 2 aromatic heterocycles. The highest BCUT2D eigenvalue weighted by Gasteiger charge is 2.12. The van der Waals surface area contributed by atoms with Crippen molar-refractivity contribution in [2.45, 2.75) is 0 Å². The quantitative estimate of drug-likeness (QED) is 0.293. The van der Waals surface area contributed by atoms with Crippen molar-refractivity contribution < 1.29 is 9.34 Å². The Balaban J connectivity index is 2.09. The van der Waals surface area contributed by atoms with Crippen molar-refractivity contribution >= 4 is 23.2 Å². The summed E-state index contributed by atoms with van der Waals surface area (Å²) in [5, 5.41) is 17.4. The van der Waals surface area contributed by atoms with E-state index in [-0.39, 0.29) is 5.69 Å². The van der Waals surface area contributed by atoms with Crippen LogP contribution in [0.5, 0.6) is 0 Å². The van der Waals surface area contributed by atoms with Crippen molar-refractivity contribution in [1.29, 1.82) is 0 Å². The summed E-state index contributed by atoms with van der Waals surface area (Å²) in [6.45, 7) is 4.10. The van der Waals surface area contributed by atoms with Gasteiger partial charge in [-0.25, -0.2) is 4.68 Å². The van der Waals surface area contributed by atoms with Gasteiger partial charge in [-0.2, -0.15) is 5.10 Å². The Morgan fingerprint density at radius 1 is 1.32 bits per heavy atom. The molecule has 0 fully saturated rings. The van der Waals surface area contributed by atoms with Gasteiger partial charge in [0.05, 0.1) is 29.5 Å². The van der Waals surface area contributed by atoms with Gasteiger partial charge in [0.25, 0.3) is 5.69 Å². The minimum atomic E-state index is -0.434. The van der Waals surface area contributed by atoms with Crippen molar-refractivity contribution in [2.24, 2.45) is 10.1 Å². The van der Waals surface area contributed by atoms with E-state index >= 15 is 0 Å². The normalized spacial score (nSPS) is 11.9. The zero-order valence-electron chi connectivity index (χ0n) is 13.1. The lowest BCUT2D eigenvalue weighted by molar-refractivity contribution is -0.385. The van der Waals surface area contributed by atoms with Crippen LogP contribution in [-0.2, 0) is 0 Å². The van der Waals surface area contributed by atoms with E-state index in [1.165, 1.54) is 23.6 Å². The summed E-state index contributed by atoms with van der Waals surface area (Å²) >= 11 is 1.40. The Labute approximate surface area is 147 Å². The van der Waals surface area contributed by atoms with Gasteiger partial charge in [-0.3, -0.25) is 15.1 Å². The first-order valence-corrected chi connectivity index (χ1v) is 8.22. The molecule has 1 aromatic carbocycles. The van der Waals surface area contributed by atoms with Gasteiger partial charge in [-0.15, -0.1) is 17.9 Å². The lowest BCUT2D eigenvalue weighted by atomic mass is 10.2. The van der Waals surface area contributed by atoms with Crippen LogP contribution in [0.2, 0.25) is 0 Å². The maximum atomic E-state index is 11.1. The van der Waals surface area contributed by atoms with Crippen LogP contribution in [0, 0.1) is 10.1 Å². The average molecular weight is 354 g/mol. The highest BCUT2D eigenvalue weighted by molar-refractivity contribution is 7.07. The second-order valence-electron chi connectivity index (χ2n) is 4.88. The molecule has 2 heterocycles. The Hall–Kier alpha value is -3.26. The number of benzene rings is 1. The molecule has 0 aliphatic carbocycles. The van der Waals surface area contributed by atoms with Crippen LogP contribution in [-0.4, -0.2) is 22.4 Å². The molecule has 8 heteroatoms. The van der Waals surface area contributed by atoms with Crippen LogP contribution < -0.4 is 4.80 Å². The minimum absolute atomic E-state index is 0.00814. The molecular formula is C17H14N4O3S. The number of nitrogens with zero attached hydrogens (tertiary/aromatic N) is 4. The van der Waals surface area contributed by atoms with Crippen molar-refractivity contribution in [3.8, 4) is 11.5 Å². The van der Waals surface area contributed by atoms with Crippen molar-refractivity contribution in [3.63, 3.8) is 0 Å². The largest absolute Gasteiger partial charge is 0.463 e. The fourth-order valence-corrected chi connectivity index (χ4v) is 2.97. The van der Waals surface area contributed by atoms with E-state index in [0.717, 1.165) is 0 Å². The summed E-state index contributed by atoms with van der Waals surface area (Å²) < 4.78 is 7.03. The van der Waals surface area contributed by atoms with Gasteiger partial charge in [0, 0.05) is 11.4 Å². The van der Waals surface area contributed by atoms with E-state index in [9.17, 15) is 10.1 Å². The van der Waals surface area contributed by atoms with E-state index < -0.39 is 4.92 Å². The van der Waals surface area contributed by atoms with Crippen molar-refractivity contribution in [2.75, 3.05) is 6.54 Å². The maximum absolute atomic E-state index is 11.1. The molecule has 0 aliphatic heterocycles. The van der Waals surface area contributed by atoms with Gasteiger partial charge < -0.3 is 4.42 Å². The predicted octanol–water partition coefficient (Wildman–Crippen LogP) is 3.69. The molecule has 7 nitrogen and oxygen atoms in total. The molecule has 126 valence electrons. The fourth-order valence-electron chi connectivity index (χ4n) is 2.14. The Kier molecular flexibility index (Phi) is 5.00. The zero-order chi connectivity index (χ0) is 17.6. The Morgan fingerprint density at radius 2 is 2.16 bits per heavy atom. The SMILES string of the molecule is C=CCN=c1scc(-c2ccco2)n1N=Cc1ccccc1[N+](=O)[O-]. The van der Waals surface area contributed by atoms with Gasteiger partial charge >= 0.3 is 0 Å². The van der Waals surface area contributed by atoms with Gasteiger partial charge in [-0.05, 0) is 18.2 Å². The molecule has 3 rings (SSSR count). The van der Waals surface area contributed by atoms with E-state index in [1.54, 1.807) is 41.3 Å². The van der Waals surface area contributed by atoms with Crippen LogP contribution in [0.3, 0.4) is 0 Å². The number of nitro groups is 1. The molecular weight excluding hydrogens is 340 g/mol. The molecule has 0 radical (unpaired) electrons. The van der Waals surface area contributed by atoms with E-state index in [4.69, 9.17) is 4.42 Å². The lowest BCUT2D eigenvalue weighted by Gasteiger charge is -2.01. The molecule has 0 atom stereocenters. The third-order valence-corrected chi connectivity index (χ3v) is 4.11. The molecule has 0 amide bonds. The number of rotatable bonds is 6. The van der Waals surface area contributed by atoms with Gasteiger partial charge in [-0.1, -0.05) is 18.2 Å². The summed E-state index contributed by atoms with van der Waals surface area (Å²) in [7, 11) is 0. The van der Waals surface area contributed by atoms with Gasteiger partial charge in [0.15, 0.2) is 5.76 Å². The third-order valence-electron chi connectivity index (χ3n) is 3.26. The number of furan rings is 1. The highest BCUT2D eigenvalue weighted by atomic mass is 32.1. The van der Waals surface area contributed by atoms with Crippen molar-refractivity contribution in [3.05, 3.63) is 81.2 Å². The molecule has 0 aliphatic rings. The number of hydrogen-bond acceptors (Lipinski definition) is 6. The number of hydrogen-bond donors (Lipinski definition) is 0. The number of thiazole rings is 1. The fraction of sp³-hybridized carbons (Fsp3) is 0.0588. The van der Waals surface area contributed by atoms with E-state index in [1.807, 2.05) is 11.4 Å². The topological polar surface area (TPSA) is 85.9 Å². The average Bonchev–Trinajstić information content (AvgIpc) is 3.27. The second-order valence-corrected chi connectivity index (χ2v) is 5.72. The van der Waals surface area contributed by atoms with Gasteiger partial charge in [0.1, 0.15) is 5.69 Å².